The van der Waals surface area contributed by atoms with Crippen LogP contribution in [-0.4, -0.2) is 15.0 Å². The SMILES string of the molecule is c1cc(-c2nc(-c3ccc4ccccc4c3)nc(-c3cccc4c3oc3ccccc34)n2)cc(-c2cccc3oc4ccccc4c23)c1. The number of furan rings is 2. The van der Waals surface area contributed by atoms with Gasteiger partial charge in [-0.05, 0) is 58.3 Å². The zero-order valence-electron chi connectivity index (χ0n) is 25.6. The minimum absolute atomic E-state index is 0.557. The second-order valence-electron chi connectivity index (χ2n) is 12.0. The average molecular weight is 616 g/mol. The molecule has 10 aromatic rings. The van der Waals surface area contributed by atoms with Crippen LogP contribution in [0.4, 0.5) is 0 Å². The lowest BCUT2D eigenvalue weighted by atomic mass is 9.98. The summed E-state index contributed by atoms with van der Waals surface area (Å²) in [4.78, 5) is 15.3. The maximum Gasteiger partial charge on any atom is 0.167 e. The summed E-state index contributed by atoms with van der Waals surface area (Å²) in [7, 11) is 0. The average Bonchev–Trinajstić information content (AvgIpc) is 3.73. The third-order valence-electron chi connectivity index (χ3n) is 9.12. The van der Waals surface area contributed by atoms with E-state index >= 15 is 0 Å². The molecule has 0 aliphatic rings. The highest BCUT2D eigenvalue weighted by atomic mass is 16.3. The molecule has 0 fully saturated rings. The van der Waals surface area contributed by atoms with E-state index in [0.717, 1.165) is 82.5 Å². The zero-order valence-corrected chi connectivity index (χ0v) is 25.6. The lowest BCUT2D eigenvalue weighted by Gasteiger charge is -2.11. The van der Waals surface area contributed by atoms with Crippen LogP contribution in [0.2, 0.25) is 0 Å². The van der Waals surface area contributed by atoms with E-state index in [0.29, 0.717) is 17.5 Å². The third kappa shape index (κ3) is 4.22. The number of fused-ring (bicyclic) bond motifs is 7. The van der Waals surface area contributed by atoms with E-state index in [4.69, 9.17) is 23.8 Å². The van der Waals surface area contributed by atoms with Crippen molar-refractivity contribution >= 4 is 54.6 Å². The van der Waals surface area contributed by atoms with Crippen molar-refractivity contribution in [2.45, 2.75) is 0 Å². The molecule has 0 saturated carbocycles. The Morgan fingerprint density at radius 3 is 1.83 bits per heavy atom. The van der Waals surface area contributed by atoms with Crippen LogP contribution >= 0.6 is 0 Å². The van der Waals surface area contributed by atoms with Crippen molar-refractivity contribution in [1.82, 2.24) is 15.0 Å². The molecule has 3 aromatic heterocycles. The maximum absolute atomic E-state index is 6.42. The Bertz CT molecular complexity index is 2860. The van der Waals surface area contributed by atoms with E-state index < -0.39 is 0 Å². The van der Waals surface area contributed by atoms with E-state index in [-0.39, 0.29) is 0 Å². The predicted octanol–water partition coefficient (Wildman–Crippen LogP) is 11.5. The van der Waals surface area contributed by atoms with Gasteiger partial charge in [0.1, 0.15) is 22.3 Å². The minimum atomic E-state index is 0.557. The molecule has 224 valence electrons. The number of hydrogen-bond donors (Lipinski definition) is 0. The summed E-state index contributed by atoms with van der Waals surface area (Å²) in [6.07, 6.45) is 0. The molecule has 10 rings (SSSR count). The number of rotatable bonds is 4. The summed E-state index contributed by atoms with van der Waals surface area (Å²) in [5.74, 6) is 1.74. The van der Waals surface area contributed by atoms with E-state index in [1.165, 1.54) is 0 Å². The Hall–Kier alpha value is -6.59. The minimum Gasteiger partial charge on any atom is -0.456 e. The van der Waals surface area contributed by atoms with Gasteiger partial charge in [0.25, 0.3) is 0 Å². The Morgan fingerprint density at radius 1 is 0.354 bits per heavy atom. The first-order chi connectivity index (χ1) is 23.8. The standard InChI is InChI=1S/C43H25N3O2/c1-2-11-27-24-30(23-22-26(27)10-1)42-44-41(45-43(46-42)35-18-8-17-33-32-14-3-5-19-36(32)48-40(33)35)29-13-7-12-28(25-29)31-16-9-21-38-39(31)34-15-4-6-20-37(34)47-38/h1-25H. The normalized spacial score (nSPS) is 11.8. The first kappa shape index (κ1) is 26.6. The molecule has 0 aliphatic heterocycles. The largest absolute Gasteiger partial charge is 0.456 e. The van der Waals surface area contributed by atoms with Gasteiger partial charge in [-0.2, -0.15) is 0 Å². The fourth-order valence-corrected chi connectivity index (χ4v) is 6.85. The molecule has 0 aliphatic carbocycles. The summed E-state index contributed by atoms with van der Waals surface area (Å²) in [5.41, 5.74) is 8.09. The molecule has 5 heteroatoms. The Labute approximate surface area is 274 Å². The number of nitrogens with zero attached hydrogens (tertiary/aromatic N) is 3. The van der Waals surface area contributed by atoms with Crippen LogP contribution in [0, 0.1) is 0 Å². The van der Waals surface area contributed by atoms with Gasteiger partial charge >= 0.3 is 0 Å². The van der Waals surface area contributed by atoms with Gasteiger partial charge in [-0.1, -0.05) is 115 Å². The first-order valence-corrected chi connectivity index (χ1v) is 15.9. The molecule has 0 N–H and O–H groups in total. The number of para-hydroxylation sites is 3. The maximum atomic E-state index is 6.42. The van der Waals surface area contributed by atoms with Gasteiger partial charge < -0.3 is 8.83 Å². The molecular formula is C43H25N3O2. The lowest BCUT2D eigenvalue weighted by Crippen LogP contribution is -2.00. The van der Waals surface area contributed by atoms with Crippen molar-refractivity contribution in [3.05, 3.63) is 152 Å². The van der Waals surface area contributed by atoms with E-state index in [1.54, 1.807) is 0 Å². The van der Waals surface area contributed by atoms with E-state index in [2.05, 4.69) is 84.9 Å². The number of hydrogen-bond acceptors (Lipinski definition) is 5. The molecule has 0 atom stereocenters. The van der Waals surface area contributed by atoms with Gasteiger partial charge in [0.2, 0.25) is 0 Å². The highest BCUT2D eigenvalue weighted by Crippen LogP contribution is 2.39. The highest BCUT2D eigenvalue weighted by Gasteiger charge is 2.19. The van der Waals surface area contributed by atoms with Crippen molar-refractivity contribution in [2.24, 2.45) is 0 Å². The second-order valence-corrected chi connectivity index (χ2v) is 12.0. The Kier molecular flexibility index (Phi) is 5.81. The van der Waals surface area contributed by atoms with Gasteiger partial charge in [0.05, 0.1) is 5.56 Å². The molecule has 0 saturated heterocycles. The fraction of sp³-hybridized carbons (Fsp3) is 0. The van der Waals surface area contributed by atoms with Crippen LogP contribution in [0.15, 0.2) is 160 Å². The van der Waals surface area contributed by atoms with Crippen LogP contribution in [0.1, 0.15) is 0 Å². The van der Waals surface area contributed by atoms with Crippen LogP contribution in [0.5, 0.6) is 0 Å². The fourth-order valence-electron chi connectivity index (χ4n) is 6.85. The van der Waals surface area contributed by atoms with E-state index in [1.807, 2.05) is 66.7 Å². The molecule has 0 spiro atoms. The van der Waals surface area contributed by atoms with Gasteiger partial charge in [0.15, 0.2) is 17.5 Å². The van der Waals surface area contributed by atoms with Crippen molar-refractivity contribution in [3.8, 4) is 45.3 Å². The summed E-state index contributed by atoms with van der Waals surface area (Å²) in [5, 5.41) is 6.56. The number of aromatic nitrogens is 3. The van der Waals surface area contributed by atoms with Crippen LogP contribution < -0.4 is 0 Å². The van der Waals surface area contributed by atoms with Crippen molar-refractivity contribution in [1.29, 1.82) is 0 Å². The van der Waals surface area contributed by atoms with Crippen molar-refractivity contribution in [2.75, 3.05) is 0 Å². The molecule has 7 aromatic carbocycles. The molecule has 48 heavy (non-hydrogen) atoms. The first-order valence-electron chi connectivity index (χ1n) is 15.9. The van der Waals surface area contributed by atoms with Crippen molar-refractivity contribution < 1.29 is 8.83 Å². The smallest absolute Gasteiger partial charge is 0.167 e. The van der Waals surface area contributed by atoms with Gasteiger partial charge in [-0.3, -0.25) is 0 Å². The molecular weight excluding hydrogens is 590 g/mol. The molecule has 3 heterocycles. The van der Waals surface area contributed by atoms with Crippen LogP contribution in [0.3, 0.4) is 0 Å². The Balaban J connectivity index is 1.19. The quantitative estimate of drug-likeness (QED) is 0.197. The topological polar surface area (TPSA) is 65.0 Å². The predicted molar refractivity (Wildman–Crippen MR) is 194 cm³/mol. The zero-order chi connectivity index (χ0) is 31.6. The monoisotopic (exact) mass is 615 g/mol. The summed E-state index contributed by atoms with van der Waals surface area (Å²) in [6.45, 7) is 0. The second kappa shape index (κ2) is 10.5. The summed E-state index contributed by atoms with van der Waals surface area (Å²) < 4.78 is 12.6. The molecule has 0 radical (unpaired) electrons. The number of benzene rings is 7. The molecule has 0 amide bonds. The summed E-state index contributed by atoms with van der Waals surface area (Å²) >= 11 is 0. The van der Waals surface area contributed by atoms with Gasteiger partial charge in [0, 0.05) is 32.7 Å². The Morgan fingerprint density at radius 2 is 0.958 bits per heavy atom. The molecule has 5 nitrogen and oxygen atoms in total. The van der Waals surface area contributed by atoms with Gasteiger partial charge in [-0.15, -0.1) is 0 Å². The summed E-state index contributed by atoms with van der Waals surface area (Å²) in [6, 6.07) is 51.7. The van der Waals surface area contributed by atoms with E-state index in [9.17, 15) is 0 Å². The highest BCUT2D eigenvalue weighted by molar-refractivity contribution is 6.12. The lowest BCUT2D eigenvalue weighted by molar-refractivity contribution is 0.669. The third-order valence-corrected chi connectivity index (χ3v) is 9.12. The molecule has 0 unspecified atom stereocenters. The van der Waals surface area contributed by atoms with Crippen LogP contribution in [-0.2, 0) is 0 Å². The molecule has 0 bridgehead atoms. The van der Waals surface area contributed by atoms with Crippen LogP contribution in [0.25, 0.3) is 99.9 Å². The van der Waals surface area contributed by atoms with Crippen molar-refractivity contribution in [3.63, 3.8) is 0 Å². The van der Waals surface area contributed by atoms with Gasteiger partial charge in [-0.25, -0.2) is 15.0 Å².